The Hall–Kier alpha value is -2.86. The summed E-state index contributed by atoms with van der Waals surface area (Å²) in [6.45, 7) is 6.56. The van der Waals surface area contributed by atoms with Crippen LogP contribution >= 0.6 is 0 Å². The minimum Gasteiger partial charge on any atom is -0.0905 e. The molecule has 110 valence electrons. The summed E-state index contributed by atoms with van der Waals surface area (Å²) in [7, 11) is 0. The third-order valence-corrected chi connectivity index (χ3v) is 4.56. The van der Waals surface area contributed by atoms with E-state index in [9.17, 15) is 0 Å². The van der Waals surface area contributed by atoms with Crippen LogP contribution in [0.1, 0.15) is 16.7 Å². The third-order valence-electron chi connectivity index (χ3n) is 4.56. The van der Waals surface area contributed by atoms with E-state index >= 15 is 0 Å². The predicted molar refractivity (Wildman–Crippen MR) is 101 cm³/mol. The molecule has 0 aliphatic rings. The summed E-state index contributed by atoms with van der Waals surface area (Å²) in [5.74, 6) is 0. The summed E-state index contributed by atoms with van der Waals surface area (Å²) in [5.41, 5.74) is 4.78. The van der Waals surface area contributed by atoms with Gasteiger partial charge in [-0.25, -0.2) is 0 Å². The molecule has 4 aromatic carbocycles. The van der Waals surface area contributed by atoms with Gasteiger partial charge in [0.1, 0.15) is 0 Å². The first-order chi connectivity index (χ1) is 11.3. The predicted octanol–water partition coefficient (Wildman–Crippen LogP) is 6.36. The monoisotopic (exact) mass is 294 g/mol. The highest BCUT2D eigenvalue weighted by molar-refractivity contribution is 6.12. The van der Waals surface area contributed by atoms with Gasteiger partial charge in [-0.3, -0.25) is 0 Å². The highest BCUT2D eigenvalue weighted by atomic mass is 14.1. The standard InChI is InChI=1S/C23H18/c1-16-9-3-5-11-19(16)17(2)23-15-18-10-4-6-12-20(18)21-13-7-8-14-22(21)23/h3-15H,2H2,1H3. The Kier molecular flexibility index (Phi) is 3.24. The van der Waals surface area contributed by atoms with E-state index < -0.39 is 0 Å². The van der Waals surface area contributed by atoms with Gasteiger partial charge < -0.3 is 0 Å². The van der Waals surface area contributed by atoms with Crippen molar-refractivity contribution in [2.75, 3.05) is 0 Å². The summed E-state index contributed by atoms with van der Waals surface area (Å²) < 4.78 is 0. The van der Waals surface area contributed by atoms with E-state index in [1.165, 1.54) is 38.2 Å². The van der Waals surface area contributed by atoms with Crippen molar-refractivity contribution < 1.29 is 0 Å². The zero-order valence-electron chi connectivity index (χ0n) is 13.2. The smallest absolute Gasteiger partial charge is 0.00989 e. The zero-order valence-corrected chi connectivity index (χ0v) is 13.2. The minimum absolute atomic E-state index is 1.09. The molecular weight excluding hydrogens is 276 g/mol. The maximum Gasteiger partial charge on any atom is -0.00989 e. The van der Waals surface area contributed by atoms with Crippen molar-refractivity contribution in [1.29, 1.82) is 0 Å². The van der Waals surface area contributed by atoms with Gasteiger partial charge >= 0.3 is 0 Å². The van der Waals surface area contributed by atoms with Crippen LogP contribution < -0.4 is 0 Å². The Bertz CT molecular complexity index is 1040. The maximum atomic E-state index is 4.41. The Morgan fingerprint density at radius 3 is 2.04 bits per heavy atom. The summed E-state index contributed by atoms with van der Waals surface area (Å²) >= 11 is 0. The van der Waals surface area contributed by atoms with Crippen molar-refractivity contribution in [3.05, 3.63) is 102 Å². The Labute approximate surface area is 136 Å². The molecule has 0 nitrogen and oxygen atoms in total. The van der Waals surface area contributed by atoms with Crippen LogP contribution in [-0.2, 0) is 0 Å². The molecule has 23 heavy (non-hydrogen) atoms. The van der Waals surface area contributed by atoms with Crippen LogP contribution in [0.4, 0.5) is 0 Å². The highest BCUT2D eigenvalue weighted by Gasteiger charge is 2.11. The average molecular weight is 294 g/mol. The third kappa shape index (κ3) is 2.24. The lowest BCUT2D eigenvalue weighted by Crippen LogP contribution is -1.92. The van der Waals surface area contributed by atoms with Gasteiger partial charge in [0, 0.05) is 0 Å². The molecule has 0 unspecified atom stereocenters. The van der Waals surface area contributed by atoms with Gasteiger partial charge in [0.2, 0.25) is 0 Å². The largest absolute Gasteiger partial charge is 0.0905 e. The fourth-order valence-electron chi connectivity index (χ4n) is 3.36. The second-order valence-electron chi connectivity index (χ2n) is 5.98. The number of hydrogen-bond donors (Lipinski definition) is 0. The summed E-state index contributed by atoms with van der Waals surface area (Å²) in [4.78, 5) is 0. The van der Waals surface area contributed by atoms with Gasteiger partial charge in [-0.2, -0.15) is 0 Å². The lowest BCUT2D eigenvalue weighted by molar-refractivity contribution is 1.42. The second kappa shape index (κ2) is 5.40. The van der Waals surface area contributed by atoms with Crippen LogP contribution in [0.15, 0.2) is 85.4 Å². The molecule has 0 aliphatic heterocycles. The first-order valence-corrected chi connectivity index (χ1v) is 7.91. The van der Waals surface area contributed by atoms with Crippen molar-refractivity contribution in [3.8, 4) is 0 Å². The van der Waals surface area contributed by atoms with E-state index in [2.05, 4.69) is 92.4 Å². The number of benzene rings is 4. The number of rotatable bonds is 2. The minimum atomic E-state index is 1.09. The molecule has 0 bridgehead atoms. The quantitative estimate of drug-likeness (QED) is 0.377. The maximum absolute atomic E-state index is 4.41. The van der Waals surface area contributed by atoms with Gasteiger partial charge in [0.05, 0.1) is 0 Å². The Morgan fingerprint density at radius 1 is 0.652 bits per heavy atom. The lowest BCUT2D eigenvalue weighted by atomic mass is 9.89. The van der Waals surface area contributed by atoms with E-state index in [-0.39, 0.29) is 0 Å². The molecule has 0 saturated carbocycles. The SMILES string of the molecule is C=C(c1ccccc1C)c1cc2ccccc2c2ccccc12. The van der Waals surface area contributed by atoms with Gasteiger partial charge in [-0.05, 0) is 56.8 Å². The zero-order chi connectivity index (χ0) is 15.8. The van der Waals surface area contributed by atoms with Gasteiger partial charge in [0.25, 0.3) is 0 Å². The van der Waals surface area contributed by atoms with Crippen molar-refractivity contribution in [1.82, 2.24) is 0 Å². The van der Waals surface area contributed by atoms with E-state index in [1.807, 2.05) is 0 Å². The first kappa shape index (κ1) is 13.8. The summed E-state index contributed by atoms with van der Waals surface area (Å²) in [6.07, 6.45) is 0. The van der Waals surface area contributed by atoms with Gasteiger partial charge in [-0.1, -0.05) is 79.4 Å². The lowest BCUT2D eigenvalue weighted by Gasteiger charge is -2.14. The molecule has 0 radical (unpaired) electrons. The molecular formula is C23H18. The molecule has 0 heterocycles. The molecule has 0 N–H and O–H groups in total. The molecule has 0 spiro atoms. The van der Waals surface area contributed by atoms with Crippen molar-refractivity contribution in [3.63, 3.8) is 0 Å². The molecule has 4 rings (SSSR count). The number of aryl methyl sites for hydroxylation is 1. The van der Waals surface area contributed by atoms with Crippen LogP contribution in [0, 0.1) is 6.92 Å². The van der Waals surface area contributed by atoms with Gasteiger partial charge in [0.15, 0.2) is 0 Å². The summed E-state index contributed by atoms with van der Waals surface area (Å²) in [6, 6.07) is 27.9. The molecule has 0 atom stereocenters. The normalized spacial score (nSPS) is 11.0. The topological polar surface area (TPSA) is 0 Å². The highest BCUT2D eigenvalue weighted by Crippen LogP contribution is 2.35. The van der Waals surface area contributed by atoms with Crippen molar-refractivity contribution in [2.24, 2.45) is 0 Å². The first-order valence-electron chi connectivity index (χ1n) is 7.91. The molecule has 0 aliphatic carbocycles. The molecule has 0 saturated heterocycles. The number of hydrogen-bond acceptors (Lipinski definition) is 0. The Balaban J connectivity index is 2.06. The molecule has 0 aromatic heterocycles. The molecule has 4 aromatic rings. The molecule has 0 amide bonds. The average Bonchev–Trinajstić information content (AvgIpc) is 2.61. The molecule has 0 fully saturated rings. The fraction of sp³-hybridized carbons (Fsp3) is 0.0435. The number of fused-ring (bicyclic) bond motifs is 3. The van der Waals surface area contributed by atoms with E-state index in [1.54, 1.807) is 0 Å². The van der Waals surface area contributed by atoms with Crippen LogP contribution in [0.5, 0.6) is 0 Å². The van der Waals surface area contributed by atoms with Crippen LogP contribution in [0.25, 0.3) is 27.1 Å². The van der Waals surface area contributed by atoms with E-state index in [0.29, 0.717) is 0 Å². The second-order valence-corrected chi connectivity index (χ2v) is 5.98. The van der Waals surface area contributed by atoms with Crippen LogP contribution in [-0.4, -0.2) is 0 Å². The Morgan fingerprint density at radius 2 is 1.26 bits per heavy atom. The van der Waals surface area contributed by atoms with Gasteiger partial charge in [-0.15, -0.1) is 0 Å². The fourth-order valence-corrected chi connectivity index (χ4v) is 3.36. The van der Waals surface area contributed by atoms with Crippen molar-refractivity contribution >= 4 is 27.1 Å². The van der Waals surface area contributed by atoms with Crippen molar-refractivity contribution in [2.45, 2.75) is 6.92 Å². The summed E-state index contributed by atoms with van der Waals surface area (Å²) in [5, 5.41) is 5.11. The van der Waals surface area contributed by atoms with E-state index in [0.717, 1.165) is 5.57 Å². The molecule has 0 heteroatoms. The van der Waals surface area contributed by atoms with Crippen LogP contribution in [0.3, 0.4) is 0 Å². The van der Waals surface area contributed by atoms with Crippen LogP contribution in [0.2, 0.25) is 0 Å². The van der Waals surface area contributed by atoms with E-state index in [4.69, 9.17) is 0 Å².